The molecule has 6 fully saturated rings. The summed E-state index contributed by atoms with van der Waals surface area (Å²) in [5.74, 6) is 0.757. The number of hydrogen-bond acceptors (Lipinski definition) is 25. The van der Waals surface area contributed by atoms with Gasteiger partial charge in [0.2, 0.25) is 29.7 Å². The van der Waals surface area contributed by atoms with Crippen molar-refractivity contribution < 1.29 is 49.0 Å². The van der Waals surface area contributed by atoms with Crippen LogP contribution in [0.3, 0.4) is 0 Å². The molecule has 3 aromatic carbocycles. The zero-order valence-electron chi connectivity index (χ0n) is 52.9. The lowest BCUT2D eigenvalue weighted by molar-refractivity contribution is -0.139. The molecule has 9 atom stereocenters. The Morgan fingerprint density at radius 3 is 1.10 bits per heavy atom. The molecule has 0 bridgehead atoms. The Labute approximate surface area is 561 Å². The maximum Gasteiger partial charge on any atom is 0.317 e. The molecule has 94 heavy (non-hydrogen) atoms. The third kappa shape index (κ3) is 21.0. The van der Waals surface area contributed by atoms with E-state index in [1.54, 1.807) is 18.6 Å². The van der Waals surface area contributed by atoms with Gasteiger partial charge in [-0.2, -0.15) is 15.3 Å². The fourth-order valence-electron chi connectivity index (χ4n) is 11.4. The zero-order chi connectivity index (χ0) is 66.7. The van der Waals surface area contributed by atoms with Gasteiger partial charge in [-0.3, -0.25) is 29.1 Å². The minimum atomic E-state index is -0.807. The third-order valence-corrected chi connectivity index (χ3v) is 17.7. The van der Waals surface area contributed by atoms with Crippen LogP contribution in [-0.4, -0.2) is 271 Å². The Morgan fingerprint density at radius 2 is 0.809 bits per heavy atom. The molecule has 6 aromatic rings. The number of carboxylic acids is 1. The Hall–Kier alpha value is -7.03. The number of aromatic nitrogens is 9. The van der Waals surface area contributed by atoms with Crippen molar-refractivity contribution in [1.29, 1.82) is 0 Å². The average molecular weight is 1360 g/mol. The van der Waals surface area contributed by atoms with Crippen LogP contribution in [0, 0.1) is 0 Å². The van der Waals surface area contributed by atoms with E-state index in [4.69, 9.17) is 65.0 Å². The maximum absolute atomic E-state index is 12.5. The minimum Gasteiger partial charge on any atom is -0.480 e. The smallest absolute Gasteiger partial charge is 0.317 e. The summed E-state index contributed by atoms with van der Waals surface area (Å²) in [6, 6.07) is 22.2. The number of aliphatic hydroxyl groups excluding tert-OH is 3. The van der Waals surface area contributed by atoms with Crippen LogP contribution in [0.1, 0.15) is 40.0 Å². The lowest BCUT2D eigenvalue weighted by Crippen LogP contribution is -2.56. The number of nitrogens with zero attached hydrogens (tertiary/aromatic N) is 15. The number of hydrogen-bond donors (Lipinski definition) is 7. The molecule has 12 rings (SSSR count). The van der Waals surface area contributed by atoms with E-state index < -0.39 is 24.3 Å². The predicted molar refractivity (Wildman–Crippen MR) is 354 cm³/mol. The van der Waals surface area contributed by atoms with Crippen molar-refractivity contribution >= 4 is 70.4 Å². The van der Waals surface area contributed by atoms with Gasteiger partial charge in [0.05, 0.1) is 106 Å². The van der Waals surface area contributed by atoms with Gasteiger partial charge in [0.25, 0.3) is 0 Å². The highest BCUT2D eigenvalue weighted by Crippen LogP contribution is 2.26. The van der Waals surface area contributed by atoms with Crippen LogP contribution < -0.4 is 31.1 Å². The van der Waals surface area contributed by atoms with E-state index in [1.165, 1.54) is 0 Å². The van der Waals surface area contributed by atoms with E-state index in [1.807, 2.05) is 89.5 Å². The molecule has 8 N–H and O–H groups in total. The van der Waals surface area contributed by atoms with Crippen LogP contribution >= 0.6 is 34.8 Å². The normalized spacial score (nSPS) is 24.4. The van der Waals surface area contributed by atoms with Gasteiger partial charge >= 0.3 is 5.97 Å². The fraction of sp³-hybridized carbons (Fsp3) is 0.524. The highest BCUT2D eigenvalue weighted by molar-refractivity contribution is 6.31. The summed E-state index contributed by atoms with van der Waals surface area (Å²) in [6.07, 6.45) is 5.20. The quantitative estimate of drug-likeness (QED) is 0.0824. The van der Waals surface area contributed by atoms with Crippen LogP contribution in [0.25, 0.3) is 33.8 Å². The van der Waals surface area contributed by atoms with Crippen LogP contribution in [0.15, 0.2) is 91.4 Å². The number of aliphatic hydroxyl groups is 3. The van der Waals surface area contributed by atoms with Crippen molar-refractivity contribution in [3.63, 3.8) is 0 Å². The Balaban J connectivity index is 0.000000157. The fourth-order valence-corrected chi connectivity index (χ4v) is 11.7. The van der Waals surface area contributed by atoms with Gasteiger partial charge in [-0.1, -0.05) is 71.2 Å². The molecule has 0 spiro atoms. The van der Waals surface area contributed by atoms with Gasteiger partial charge in [-0.15, -0.1) is 15.3 Å². The van der Waals surface area contributed by atoms with E-state index in [2.05, 4.69) is 89.6 Å². The van der Waals surface area contributed by atoms with Gasteiger partial charge in [0.1, 0.15) is 0 Å². The largest absolute Gasteiger partial charge is 0.480 e. The third-order valence-electron chi connectivity index (χ3n) is 17.0. The van der Waals surface area contributed by atoms with Crippen LogP contribution in [0.2, 0.25) is 15.1 Å². The van der Waals surface area contributed by atoms with Crippen LogP contribution in [-0.2, 0) is 28.6 Å². The van der Waals surface area contributed by atoms with Gasteiger partial charge in [-0.25, -0.2) is 15.0 Å². The second-order valence-corrected chi connectivity index (χ2v) is 25.2. The van der Waals surface area contributed by atoms with Crippen molar-refractivity contribution in [2.24, 2.45) is 5.73 Å². The lowest BCUT2D eigenvalue weighted by atomic mass is 10.1. The zero-order valence-corrected chi connectivity index (χ0v) is 55.1. The molecule has 0 aliphatic carbocycles. The summed E-state index contributed by atoms with van der Waals surface area (Å²) in [6.45, 7) is 15.7. The number of benzene rings is 3. The summed E-state index contributed by atoms with van der Waals surface area (Å²) < 4.78 is 15.4. The summed E-state index contributed by atoms with van der Waals surface area (Å²) in [4.78, 5) is 62.2. The molecule has 31 heteroatoms. The number of nitrogens with two attached hydrogens (primary N) is 1. The lowest BCUT2D eigenvalue weighted by Gasteiger charge is -2.39. The van der Waals surface area contributed by atoms with Crippen LogP contribution in [0.5, 0.6) is 0 Å². The molecule has 0 unspecified atom stereocenters. The molecule has 6 aliphatic rings. The van der Waals surface area contributed by atoms with Gasteiger partial charge in [-0.05, 0) is 76.4 Å². The number of halogens is 3. The van der Waals surface area contributed by atoms with Crippen molar-refractivity contribution in [2.45, 2.75) is 94.6 Å². The number of carbonyl (C=O) groups is 3. The van der Waals surface area contributed by atoms with Crippen LogP contribution in [0.4, 0.5) is 17.8 Å². The van der Waals surface area contributed by atoms with Gasteiger partial charge in [0, 0.05) is 135 Å². The maximum atomic E-state index is 12.5. The summed E-state index contributed by atoms with van der Waals surface area (Å²) in [7, 11) is 0. The Kier molecular flexibility index (Phi) is 26.6. The monoisotopic (exact) mass is 1360 g/mol. The number of carboxylic acid groups (broad SMARTS) is 1. The number of nitrogens with one attached hydrogen (secondary N) is 2. The number of anilines is 3. The predicted octanol–water partition coefficient (Wildman–Crippen LogP) is 2.82. The molecule has 28 nitrogen and oxygen atoms in total. The number of carbonyl (C=O) groups excluding carboxylic acids is 2. The van der Waals surface area contributed by atoms with E-state index >= 15 is 0 Å². The Morgan fingerprint density at radius 1 is 0.489 bits per heavy atom. The van der Waals surface area contributed by atoms with E-state index in [9.17, 15) is 24.6 Å². The SMILES string of the molecule is C[C@@H]1CN(c2nncc(-c3ccc(Cl)cc3)n2)CCN1CC(=O)N[C@@H]1CCOC[C@H]1O.C[C@@H]1CN(c2nncc(-c3ccc(Cl)cc3)n2)CCN1CC(=O)N[C@@H]1CCOC[C@H]1O.C[C@@H]1CN(c2nncc(-c3ccc(Cl)cc3)n2)CCN1CC(=O)O.N[C@@H]1CCOC[C@H]1O. The van der Waals surface area contributed by atoms with Crippen molar-refractivity contribution in [3.05, 3.63) is 106 Å². The summed E-state index contributed by atoms with van der Waals surface area (Å²) in [5, 5.41) is 70.6. The van der Waals surface area contributed by atoms with Crippen molar-refractivity contribution in [1.82, 2.24) is 70.9 Å². The number of amides is 2. The van der Waals surface area contributed by atoms with Gasteiger partial charge in [0.15, 0.2) is 0 Å². The second kappa shape index (κ2) is 35.1. The number of aliphatic carboxylic acids is 1. The number of ether oxygens (including phenoxy) is 3. The second-order valence-electron chi connectivity index (χ2n) is 23.9. The molecule has 6 aliphatic heterocycles. The molecule has 0 radical (unpaired) electrons. The molecular weight excluding hydrogens is 1280 g/mol. The van der Waals surface area contributed by atoms with Gasteiger partial charge < -0.3 is 65.7 Å². The molecule has 9 heterocycles. The molecule has 0 saturated carbocycles. The molecule has 3 aromatic heterocycles. The number of rotatable bonds is 14. The first-order valence-electron chi connectivity index (χ1n) is 31.5. The summed E-state index contributed by atoms with van der Waals surface area (Å²) in [5.41, 5.74) is 10.4. The minimum absolute atomic E-state index is 0.0545. The van der Waals surface area contributed by atoms with E-state index in [0.29, 0.717) is 144 Å². The molecule has 506 valence electrons. The Bertz CT molecular complexity index is 3220. The molecule has 6 saturated heterocycles. The molecule has 2 amide bonds. The van der Waals surface area contributed by atoms with Crippen molar-refractivity contribution in [2.75, 3.05) is 133 Å². The molecular formula is C63H83Cl3N18O10. The first-order chi connectivity index (χ1) is 45.3. The van der Waals surface area contributed by atoms with E-state index in [-0.39, 0.29) is 67.8 Å². The van der Waals surface area contributed by atoms with Crippen molar-refractivity contribution in [3.8, 4) is 33.8 Å². The first kappa shape index (κ1) is 71.3. The number of piperazine rings is 3. The highest BCUT2D eigenvalue weighted by Gasteiger charge is 2.33. The highest BCUT2D eigenvalue weighted by atomic mass is 35.5. The summed E-state index contributed by atoms with van der Waals surface area (Å²) >= 11 is 17.9. The van der Waals surface area contributed by atoms with E-state index in [0.717, 1.165) is 40.2 Å². The average Bonchev–Trinajstić information content (AvgIpc) is 1.25. The first-order valence-corrected chi connectivity index (χ1v) is 32.6. The topological polar surface area (TPSA) is 345 Å². The standard InChI is InChI=1S/2C21H27ClN6O3.C16H18ClN5O2.C5H11NO2/c2*1-14-11-28(21-25-18(10-23-26-21)15-2-4-16(22)5-3-15)8-7-27(14)12-20(30)24-17-6-9-31-13-19(17)29;1-11-9-22(7-6-21(11)10-15(23)24)16-19-14(8-18-20-16)12-2-4-13(17)5-3-12;6-4-1-2-8-3-5(4)7/h2*2-5,10,14,17,19,29H,6-9,11-13H2,1H3,(H,24,30);2-5,8,11H,6-7,9-10H2,1H3,(H,23,24);4-5,7H,1-3,6H2/t2*14-,17-,19-;11-;4-,5-/m1111/s1.